The molecule has 0 bridgehead atoms. The van der Waals surface area contributed by atoms with E-state index in [-0.39, 0.29) is 18.2 Å². The smallest absolute Gasteiger partial charge is 0.329 e. The molecule has 186 valence electrons. The maximum atomic E-state index is 13.6. The van der Waals surface area contributed by atoms with E-state index in [1.807, 2.05) is 32.0 Å². The molecule has 0 saturated heterocycles. The van der Waals surface area contributed by atoms with Gasteiger partial charge in [0.2, 0.25) is 0 Å². The molecule has 0 aliphatic carbocycles. The molecule has 0 heterocycles. The van der Waals surface area contributed by atoms with Crippen LogP contribution in [0.3, 0.4) is 0 Å². The summed E-state index contributed by atoms with van der Waals surface area (Å²) in [7, 11) is 1.44. The maximum Gasteiger partial charge on any atom is 0.329 e. The normalized spacial score (nSPS) is 10.6. The van der Waals surface area contributed by atoms with E-state index in [1.54, 1.807) is 18.2 Å². The number of nitrogens with one attached hydrogen (secondary N) is 3. The number of amides is 3. The molecule has 0 aromatic heterocycles. The van der Waals surface area contributed by atoms with Crippen LogP contribution in [0.4, 0.5) is 15.8 Å². The Labute approximate surface area is 207 Å². The first-order valence-electron chi connectivity index (χ1n) is 10.8. The summed E-state index contributed by atoms with van der Waals surface area (Å²) in [5.41, 5.74) is 5.22. The number of carbonyl (C=O) groups is 3. The van der Waals surface area contributed by atoms with Crippen molar-refractivity contribution < 1.29 is 28.2 Å². The highest BCUT2D eigenvalue weighted by molar-refractivity contribution is 6.39. The number of nitrogens with zero attached hydrogens (tertiary/aromatic N) is 1. The number of halogens is 1. The van der Waals surface area contributed by atoms with Crippen LogP contribution in [0.25, 0.3) is 0 Å². The Morgan fingerprint density at radius 2 is 1.67 bits per heavy atom. The standard InChI is InChI=1S/C26H25FN4O5/c1-16-7-6-10-20(17(16)2)29-24(32)15-36-22-12-11-18(13-23(22)35-3)14-28-31-26(34)25(33)30-21-9-5-4-8-19(21)27/h4-14H,15H2,1-3H3,(H,29,32)(H,30,33)(H,31,34)/b28-14-. The van der Waals surface area contributed by atoms with Gasteiger partial charge in [-0.25, -0.2) is 9.82 Å². The van der Waals surface area contributed by atoms with Crippen LogP contribution in [0.15, 0.2) is 65.8 Å². The summed E-state index contributed by atoms with van der Waals surface area (Å²) in [4.78, 5) is 36.1. The Balaban J connectivity index is 1.54. The highest BCUT2D eigenvalue weighted by Gasteiger charge is 2.15. The minimum Gasteiger partial charge on any atom is -0.493 e. The Bertz CT molecular complexity index is 1310. The zero-order chi connectivity index (χ0) is 26.1. The van der Waals surface area contributed by atoms with Crippen molar-refractivity contribution in [1.29, 1.82) is 0 Å². The summed E-state index contributed by atoms with van der Waals surface area (Å²) in [6.45, 7) is 3.65. The molecule has 0 aliphatic rings. The molecule has 9 nitrogen and oxygen atoms in total. The van der Waals surface area contributed by atoms with Gasteiger partial charge in [0.1, 0.15) is 5.82 Å². The van der Waals surface area contributed by atoms with Crippen LogP contribution in [0.5, 0.6) is 11.5 Å². The molecule has 0 radical (unpaired) electrons. The molecule has 3 aromatic rings. The van der Waals surface area contributed by atoms with Crippen molar-refractivity contribution in [2.45, 2.75) is 13.8 Å². The highest BCUT2D eigenvalue weighted by atomic mass is 19.1. The van der Waals surface area contributed by atoms with Crippen LogP contribution in [0, 0.1) is 19.7 Å². The predicted molar refractivity (Wildman–Crippen MR) is 134 cm³/mol. The lowest BCUT2D eigenvalue weighted by Gasteiger charge is -2.13. The van der Waals surface area contributed by atoms with Crippen LogP contribution in [-0.4, -0.2) is 37.7 Å². The van der Waals surface area contributed by atoms with Gasteiger partial charge in [-0.15, -0.1) is 0 Å². The predicted octanol–water partition coefficient (Wildman–Crippen LogP) is 3.56. The Morgan fingerprint density at radius 1 is 0.917 bits per heavy atom. The summed E-state index contributed by atoms with van der Waals surface area (Å²) >= 11 is 0. The minimum atomic E-state index is -1.07. The number of hydrogen-bond acceptors (Lipinski definition) is 6. The van der Waals surface area contributed by atoms with Crippen molar-refractivity contribution >= 4 is 35.3 Å². The van der Waals surface area contributed by atoms with Crippen LogP contribution in [0.1, 0.15) is 16.7 Å². The van der Waals surface area contributed by atoms with Gasteiger partial charge in [0.05, 0.1) is 19.0 Å². The third-order valence-corrected chi connectivity index (χ3v) is 5.13. The van der Waals surface area contributed by atoms with Crippen molar-refractivity contribution in [1.82, 2.24) is 5.43 Å². The van der Waals surface area contributed by atoms with Gasteiger partial charge in [-0.2, -0.15) is 5.10 Å². The quantitative estimate of drug-likeness (QED) is 0.253. The Kier molecular flexibility index (Phi) is 8.71. The largest absolute Gasteiger partial charge is 0.493 e. The minimum absolute atomic E-state index is 0.121. The number of para-hydroxylation sites is 1. The van der Waals surface area contributed by atoms with Gasteiger partial charge < -0.3 is 20.1 Å². The highest BCUT2D eigenvalue weighted by Crippen LogP contribution is 2.27. The van der Waals surface area contributed by atoms with E-state index in [4.69, 9.17) is 9.47 Å². The third kappa shape index (κ3) is 6.89. The number of hydrogen-bond donors (Lipinski definition) is 3. The van der Waals surface area contributed by atoms with E-state index in [0.29, 0.717) is 22.7 Å². The first-order valence-corrected chi connectivity index (χ1v) is 10.8. The number of hydrazone groups is 1. The van der Waals surface area contributed by atoms with E-state index in [9.17, 15) is 18.8 Å². The SMILES string of the molecule is COc1cc(/C=N\NC(=O)C(=O)Nc2ccccc2F)ccc1OCC(=O)Nc1cccc(C)c1C. The molecular formula is C26H25FN4O5. The van der Waals surface area contributed by atoms with Crippen molar-refractivity contribution in [2.24, 2.45) is 5.10 Å². The second-order valence-corrected chi connectivity index (χ2v) is 7.63. The fourth-order valence-corrected chi connectivity index (χ4v) is 3.06. The lowest BCUT2D eigenvalue weighted by molar-refractivity contribution is -0.136. The van der Waals surface area contributed by atoms with E-state index < -0.39 is 17.6 Å². The number of carbonyl (C=O) groups excluding carboxylic acids is 3. The zero-order valence-corrected chi connectivity index (χ0v) is 19.9. The lowest BCUT2D eigenvalue weighted by Crippen LogP contribution is -2.32. The van der Waals surface area contributed by atoms with Crippen molar-refractivity contribution in [3.8, 4) is 11.5 Å². The average molecular weight is 493 g/mol. The topological polar surface area (TPSA) is 118 Å². The van der Waals surface area contributed by atoms with Crippen LogP contribution in [0.2, 0.25) is 0 Å². The first kappa shape index (κ1) is 25.9. The lowest BCUT2D eigenvalue weighted by atomic mass is 10.1. The molecular weight excluding hydrogens is 467 g/mol. The molecule has 0 spiro atoms. The molecule has 3 amide bonds. The molecule has 0 aliphatic heterocycles. The van der Waals surface area contributed by atoms with Gasteiger partial charge in [-0.3, -0.25) is 14.4 Å². The van der Waals surface area contributed by atoms with Gasteiger partial charge >= 0.3 is 11.8 Å². The Hall–Kier alpha value is -4.73. The van der Waals surface area contributed by atoms with Gasteiger partial charge in [0, 0.05) is 5.69 Å². The first-order chi connectivity index (χ1) is 17.3. The number of rotatable bonds is 8. The zero-order valence-electron chi connectivity index (χ0n) is 19.9. The van der Waals surface area contributed by atoms with Crippen molar-refractivity contribution in [3.63, 3.8) is 0 Å². The van der Waals surface area contributed by atoms with Gasteiger partial charge in [0.15, 0.2) is 18.1 Å². The third-order valence-electron chi connectivity index (χ3n) is 5.13. The molecule has 3 N–H and O–H groups in total. The van der Waals surface area contributed by atoms with Crippen LogP contribution in [-0.2, 0) is 14.4 Å². The maximum absolute atomic E-state index is 13.6. The molecule has 0 fully saturated rings. The summed E-state index contributed by atoms with van der Waals surface area (Å²) in [5, 5.41) is 8.70. The number of methoxy groups -OCH3 is 1. The molecule has 3 rings (SSSR count). The van der Waals surface area contributed by atoms with E-state index in [0.717, 1.165) is 17.2 Å². The van der Waals surface area contributed by atoms with Gasteiger partial charge in [-0.05, 0) is 66.9 Å². The fourth-order valence-electron chi connectivity index (χ4n) is 3.06. The van der Waals surface area contributed by atoms with Crippen LogP contribution >= 0.6 is 0 Å². The monoisotopic (exact) mass is 492 g/mol. The number of anilines is 2. The van der Waals surface area contributed by atoms with Gasteiger partial charge in [-0.1, -0.05) is 24.3 Å². The molecule has 36 heavy (non-hydrogen) atoms. The molecule has 3 aromatic carbocycles. The molecule has 0 atom stereocenters. The van der Waals surface area contributed by atoms with Crippen molar-refractivity contribution in [2.75, 3.05) is 24.4 Å². The summed E-state index contributed by atoms with van der Waals surface area (Å²) in [5.74, 6) is -2.47. The summed E-state index contributed by atoms with van der Waals surface area (Å²) in [6, 6.07) is 15.9. The van der Waals surface area contributed by atoms with E-state index >= 15 is 0 Å². The Morgan fingerprint density at radius 3 is 2.42 bits per heavy atom. The fraction of sp³-hybridized carbons (Fsp3) is 0.154. The molecule has 0 saturated carbocycles. The summed E-state index contributed by atoms with van der Waals surface area (Å²) in [6.07, 6.45) is 1.29. The number of benzene rings is 3. The van der Waals surface area contributed by atoms with Gasteiger partial charge in [0.25, 0.3) is 5.91 Å². The van der Waals surface area contributed by atoms with E-state index in [2.05, 4.69) is 21.2 Å². The number of aryl methyl sites for hydroxylation is 1. The molecule has 0 unspecified atom stereocenters. The second-order valence-electron chi connectivity index (χ2n) is 7.63. The van der Waals surface area contributed by atoms with Crippen molar-refractivity contribution in [3.05, 3.63) is 83.2 Å². The number of ether oxygens (including phenoxy) is 2. The second kappa shape index (κ2) is 12.1. The van der Waals surface area contributed by atoms with Crippen LogP contribution < -0.4 is 25.5 Å². The molecule has 10 heteroatoms. The summed E-state index contributed by atoms with van der Waals surface area (Å²) < 4.78 is 24.5. The average Bonchev–Trinajstić information content (AvgIpc) is 2.87. The van der Waals surface area contributed by atoms with E-state index in [1.165, 1.54) is 31.5 Å².